The number of benzene rings is 1. The quantitative estimate of drug-likeness (QED) is 0.832. The summed E-state index contributed by atoms with van der Waals surface area (Å²) in [5.41, 5.74) is 0.758. The average Bonchev–Trinajstić information content (AvgIpc) is 2.40. The van der Waals surface area contributed by atoms with E-state index >= 15 is 0 Å². The van der Waals surface area contributed by atoms with Crippen molar-refractivity contribution in [2.45, 2.75) is 32.6 Å². The van der Waals surface area contributed by atoms with E-state index in [1.807, 2.05) is 37.3 Å². The summed E-state index contributed by atoms with van der Waals surface area (Å²) in [6.07, 6.45) is 3.43. The highest BCUT2D eigenvalue weighted by Crippen LogP contribution is 2.28. The zero-order chi connectivity index (χ0) is 13.0. The molecule has 96 valence electrons. The lowest BCUT2D eigenvalue weighted by molar-refractivity contribution is -0.136. The predicted molar refractivity (Wildman–Crippen MR) is 71.2 cm³/mol. The van der Waals surface area contributed by atoms with Crippen LogP contribution < -0.4 is 5.32 Å². The number of carbonyl (C=O) groups excluding carboxylic acids is 2. The number of rotatable bonds is 3. The van der Waals surface area contributed by atoms with Crippen LogP contribution in [0.3, 0.4) is 0 Å². The van der Waals surface area contributed by atoms with Crippen molar-refractivity contribution in [1.82, 2.24) is 0 Å². The standard InChI is InChI=1S/C15H19NO2/c1-2-11-7-6-10-13(14(11)17)15(18)16-12-8-4-3-5-9-12/h3-5,8-9,11,13H,2,6-7,10H2,1H3,(H,16,18). The Hall–Kier alpha value is -1.64. The first-order valence-electron chi connectivity index (χ1n) is 6.62. The number of carbonyl (C=O) groups is 2. The first kappa shape index (κ1) is 12.8. The van der Waals surface area contributed by atoms with Gasteiger partial charge in [-0.05, 0) is 31.4 Å². The van der Waals surface area contributed by atoms with Crippen LogP contribution in [0.4, 0.5) is 5.69 Å². The summed E-state index contributed by atoms with van der Waals surface area (Å²) < 4.78 is 0. The van der Waals surface area contributed by atoms with Crippen molar-refractivity contribution in [3.63, 3.8) is 0 Å². The molecule has 1 saturated carbocycles. The van der Waals surface area contributed by atoms with E-state index in [1.54, 1.807) is 0 Å². The van der Waals surface area contributed by atoms with E-state index in [4.69, 9.17) is 0 Å². The van der Waals surface area contributed by atoms with Gasteiger partial charge in [0.25, 0.3) is 0 Å². The molecule has 0 spiro atoms. The van der Waals surface area contributed by atoms with Crippen molar-refractivity contribution in [3.05, 3.63) is 30.3 Å². The molecule has 2 rings (SSSR count). The summed E-state index contributed by atoms with van der Waals surface area (Å²) in [5.74, 6) is -0.407. The second kappa shape index (κ2) is 5.80. The summed E-state index contributed by atoms with van der Waals surface area (Å²) in [6, 6.07) is 9.31. The second-order valence-corrected chi connectivity index (χ2v) is 4.85. The van der Waals surface area contributed by atoms with Gasteiger partial charge in [-0.3, -0.25) is 9.59 Å². The van der Waals surface area contributed by atoms with Gasteiger partial charge in [0.1, 0.15) is 5.78 Å². The van der Waals surface area contributed by atoms with Gasteiger partial charge < -0.3 is 5.32 Å². The molecule has 0 aliphatic heterocycles. The summed E-state index contributed by atoms with van der Waals surface area (Å²) >= 11 is 0. The largest absolute Gasteiger partial charge is 0.325 e. The van der Waals surface area contributed by atoms with E-state index in [0.29, 0.717) is 6.42 Å². The molecule has 1 N–H and O–H groups in total. The van der Waals surface area contributed by atoms with Gasteiger partial charge in [-0.2, -0.15) is 0 Å². The Morgan fingerprint density at radius 2 is 2.00 bits per heavy atom. The Morgan fingerprint density at radius 1 is 1.28 bits per heavy atom. The minimum atomic E-state index is -0.455. The monoisotopic (exact) mass is 245 g/mol. The molecule has 3 nitrogen and oxygen atoms in total. The van der Waals surface area contributed by atoms with Gasteiger partial charge >= 0.3 is 0 Å². The normalized spacial score (nSPS) is 23.7. The minimum Gasteiger partial charge on any atom is -0.325 e. The van der Waals surface area contributed by atoms with E-state index in [-0.39, 0.29) is 17.6 Å². The predicted octanol–water partition coefficient (Wildman–Crippen LogP) is 3.02. The van der Waals surface area contributed by atoms with Gasteiger partial charge in [-0.25, -0.2) is 0 Å². The van der Waals surface area contributed by atoms with Crippen LogP contribution in [-0.2, 0) is 9.59 Å². The molecule has 2 atom stereocenters. The third kappa shape index (κ3) is 2.78. The molecule has 0 aromatic heterocycles. The van der Waals surface area contributed by atoms with Gasteiger partial charge in [0.05, 0.1) is 5.92 Å². The first-order valence-corrected chi connectivity index (χ1v) is 6.62. The fraction of sp³-hybridized carbons (Fsp3) is 0.467. The molecule has 0 heterocycles. The smallest absolute Gasteiger partial charge is 0.234 e. The highest BCUT2D eigenvalue weighted by Gasteiger charge is 2.34. The maximum atomic E-state index is 12.1. The summed E-state index contributed by atoms with van der Waals surface area (Å²) in [7, 11) is 0. The minimum absolute atomic E-state index is 0.0743. The number of hydrogen-bond acceptors (Lipinski definition) is 2. The molecule has 1 aromatic carbocycles. The van der Waals surface area contributed by atoms with E-state index in [9.17, 15) is 9.59 Å². The van der Waals surface area contributed by atoms with Crippen LogP contribution in [-0.4, -0.2) is 11.7 Å². The molecule has 0 bridgehead atoms. The molecule has 1 aromatic rings. The Labute approximate surface area is 108 Å². The maximum Gasteiger partial charge on any atom is 0.234 e. The fourth-order valence-electron chi connectivity index (χ4n) is 2.55. The van der Waals surface area contributed by atoms with Crippen LogP contribution in [0, 0.1) is 11.8 Å². The van der Waals surface area contributed by atoms with Crippen molar-refractivity contribution >= 4 is 17.4 Å². The lowest BCUT2D eigenvalue weighted by Gasteiger charge is -2.26. The van der Waals surface area contributed by atoms with Gasteiger partial charge in [-0.1, -0.05) is 31.5 Å². The Bertz CT molecular complexity index is 427. The van der Waals surface area contributed by atoms with Gasteiger partial charge in [0.2, 0.25) is 5.91 Å². The zero-order valence-corrected chi connectivity index (χ0v) is 10.7. The van der Waals surface area contributed by atoms with Gasteiger partial charge in [0.15, 0.2) is 0 Å². The molecule has 3 heteroatoms. The van der Waals surface area contributed by atoms with Crippen LogP contribution >= 0.6 is 0 Å². The van der Waals surface area contributed by atoms with Crippen LogP contribution in [0.1, 0.15) is 32.6 Å². The fourth-order valence-corrected chi connectivity index (χ4v) is 2.55. The number of nitrogens with one attached hydrogen (secondary N) is 1. The SMILES string of the molecule is CCC1CCCC(C(=O)Nc2ccccc2)C1=O. The molecule has 1 aliphatic carbocycles. The highest BCUT2D eigenvalue weighted by molar-refractivity contribution is 6.08. The number of para-hydroxylation sites is 1. The summed E-state index contributed by atoms with van der Waals surface area (Å²) in [4.78, 5) is 24.2. The van der Waals surface area contributed by atoms with E-state index in [1.165, 1.54) is 0 Å². The Morgan fingerprint density at radius 3 is 2.67 bits per heavy atom. The van der Waals surface area contributed by atoms with E-state index < -0.39 is 5.92 Å². The lowest BCUT2D eigenvalue weighted by atomic mass is 9.78. The topological polar surface area (TPSA) is 46.2 Å². The van der Waals surface area contributed by atoms with Crippen LogP contribution in [0.2, 0.25) is 0 Å². The summed E-state index contributed by atoms with van der Waals surface area (Å²) in [6.45, 7) is 2.01. The number of hydrogen-bond donors (Lipinski definition) is 1. The molecule has 2 unspecified atom stereocenters. The Balaban J connectivity index is 2.02. The number of amides is 1. The van der Waals surface area contributed by atoms with Crippen LogP contribution in [0.25, 0.3) is 0 Å². The third-order valence-corrected chi connectivity index (χ3v) is 3.64. The van der Waals surface area contributed by atoms with Crippen molar-refractivity contribution < 1.29 is 9.59 Å². The Kier molecular flexibility index (Phi) is 4.13. The highest BCUT2D eigenvalue weighted by atomic mass is 16.2. The van der Waals surface area contributed by atoms with Crippen molar-refractivity contribution in [2.24, 2.45) is 11.8 Å². The van der Waals surface area contributed by atoms with Crippen molar-refractivity contribution in [1.29, 1.82) is 0 Å². The zero-order valence-electron chi connectivity index (χ0n) is 10.7. The molecular weight excluding hydrogens is 226 g/mol. The second-order valence-electron chi connectivity index (χ2n) is 4.85. The van der Waals surface area contributed by atoms with Gasteiger partial charge in [-0.15, -0.1) is 0 Å². The molecule has 18 heavy (non-hydrogen) atoms. The molecule has 0 radical (unpaired) electrons. The number of anilines is 1. The van der Waals surface area contributed by atoms with E-state index in [0.717, 1.165) is 24.9 Å². The maximum absolute atomic E-state index is 12.1. The lowest BCUT2D eigenvalue weighted by Crippen LogP contribution is -2.36. The molecular formula is C15H19NO2. The van der Waals surface area contributed by atoms with Crippen molar-refractivity contribution in [2.75, 3.05) is 5.32 Å². The molecule has 1 fully saturated rings. The van der Waals surface area contributed by atoms with Crippen LogP contribution in [0.15, 0.2) is 30.3 Å². The first-order chi connectivity index (χ1) is 8.72. The van der Waals surface area contributed by atoms with Gasteiger partial charge in [0, 0.05) is 11.6 Å². The third-order valence-electron chi connectivity index (χ3n) is 3.64. The van der Waals surface area contributed by atoms with Crippen molar-refractivity contribution in [3.8, 4) is 0 Å². The number of ketones is 1. The summed E-state index contributed by atoms with van der Waals surface area (Å²) in [5, 5.41) is 2.83. The molecule has 1 amide bonds. The molecule has 0 saturated heterocycles. The van der Waals surface area contributed by atoms with Crippen LogP contribution in [0.5, 0.6) is 0 Å². The number of Topliss-reactive ketones (excluding diaryl/α,β-unsaturated/α-hetero) is 1. The van der Waals surface area contributed by atoms with E-state index in [2.05, 4.69) is 5.32 Å². The molecule has 1 aliphatic rings. The average molecular weight is 245 g/mol.